The molecule has 0 bridgehead atoms. The first-order valence-corrected chi connectivity index (χ1v) is 7.22. The summed E-state index contributed by atoms with van der Waals surface area (Å²) in [5, 5.41) is 0. The van der Waals surface area contributed by atoms with Gasteiger partial charge in [0.15, 0.2) is 5.78 Å². The zero-order valence-corrected chi connectivity index (χ0v) is 11.7. The summed E-state index contributed by atoms with van der Waals surface area (Å²) in [5.41, 5.74) is 2.66. The van der Waals surface area contributed by atoms with E-state index in [1.54, 1.807) is 0 Å². The molecule has 1 unspecified atom stereocenters. The molecule has 0 radical (unpaired) electrons. The molecule has 1 aromatic rings. The van der Waals surface area contributed by atoms with Gasteiger partial charge in [-0.1, -0.05) is 0 Å². The van der Waals surface area contributed by atoms with E-state index in [-0.39, 0.29) is 17.3 Å². The first kappa shape index (κ1) is 12.8. The van der Waals surface area contributed by atoms with Gasteiger partial charge in [0.2, 0.25) is 0 Å². The SMILES string of the molecule is Cc1ccc(C(=O)C2CCOC3(CCC3)C2)c(C)n1. The molecule has 2 heterocycles. The summed E-state index contributed by atoms with van der Waals surface area (Å²) < 4.78 is 5.90. The summed E-state index contributed by atoms with van der Waals surface area (Å²) in [6.07, 6.45) is 5.25. The molecule has 1 saturated carbocycles. The highest BCUT2D eigenvalue weighted by atomic mass is 16.5. The number of hydrogen-bond donors (Lipinski definition) is 0. The average molecular weight is 259 g/mol. The molecule has 19 heavy (non-hydrogen) atoms. The zero-order valence-electron chi connectivity index (χ0n) is 11.7. The number of carbonyl (C=O) groups is 1. The average Bonchev–Trinajstić information content (AvgIpc) is 2.36. The summed E-state index contributed by atoms with van der Waals surface area (Å²) in [4.78, 5) is 17.1. The summed E-state index contributed by atoms with van der Waals surface area (Å²) in [7, 11) is 0. The Kier molecular flexibility index (Phi) is 3.17. The topological polar surface area (TPSA) is 39.2 Å². The van der Waals surface area contributed by atoms with Crippen molar-refractivity contribution >= 4 is 5.78 Å². The Hall–Kier alpha value is -1.22. The highest BCUT2D eigenvalue weighted by molar-refractivity contribution is 5.98. The number of pyridine rings is 1. The van der Waals surface area contributed by atoms with E-state index in [1.165, 1.54) is 6.42 Å². The van der Waals surface area contributed by atoms with Crippen LogP contribution in [0.3, 0.4) is 0 Å². The van der Waals surface area contributed by atoms with Gasteiger partial charge in [-0.05, 0) is 58.1 Å². The van der Waals surface area contributed by atoms with Gasteiger partial charge in [0, 0.05) is 29.5 Å². The van der Waals surface area contributed by atoms with Crippen LogP contribution >= 0.6 is 0 Å². The van der Waals surface area contributed by atoms with Crippen molar-refractivity contribution in [2.45, 2.75) is 51.6 Å². The number of carbonyl (C=O) groups excluding carboxylic acids is 1. The van der Waals surface area contributed by atoms with Crippen molar-refractivity contribution in [3.05, 3.63) is 29.1 Å². The van der Waals surface area contributed by atoms with Gasteiger partial charge >= 0.3 is 0 Å². The van der Waals surface area contributed by atoms with E-state index < -0.39 is 0 Å². The third kappa shape index (κ3) is 2.32. The predicted molar refractivity (Wildman–Crippen MR) is 73.3 cm³/mol. The number of Topliss-reactive ketones (excluding diaryl/α,β-unsaturated/α-hetero) is 1. The highest BCUT2D eigenvalue weighted by Gasteiger charge is 2.44. The lowest BCUT2D eigenvalue weighted by molar-refractivity contribution is -0.137. The van der Waals surface area contributed by atoms with Crippen LogP contribution in [0.5, 0.6) is 0 Å². The van der Waals surface area contributed by atoms with E-state index >= 15 is 0 Å². The van der Waals surface area contributed by atoms with E-state index in [2.05, 4.69) is 4.98 Å². The van der Waals surface area contributed by atoms with Crippen LogP contribution < -0.4 is 0 Å². The van der Waals surface area contributed by atoms with Gasteiger partial charge in [-0.15, -0.1) is 0 Å². The maximum Gasteiger partial charge on any atom is 0.167 e. The second-order valence-electron chi connectivity index (χ2n) is 6.02. The minimum absolute atomic E-state index is 0.0323. The molecule has 2 fully saturated rings. The molecule has 1 aliphatic carbocycles. The summed E-state index contributed by atoms with van der Waals surface area (Å²) >= 11 is 0. The number of ketones is 1. The molecule has 1 spiro atoms. The Balaban J connectivity index is 1.79. The van der Waals surface area contributed by atoms with Crippen molar-refractivity contribution in [2.24, 2.45) is 5.92 Å². The Bertz CT molecular complexity index is 505. The molecule has 0 amide bonds. The molecule has 3 heteroatoms. The Labute approximate surface area is 114 Å². The fourth-order valence-electron chi connectivity index (χ4n) is 3.34. The van der Waals surface area contributed by atoms with Crippen LogP contribution in [0, 0.1) is 19.8 Å². The van der Waals surface area contributed by atoms with Gasteiger partial charge in [-0.3, -0.25) is 9.78 Å². The van der Waals surface area contributed by atoms with Crippen LogP contribution in [-0.4, -0.2) is 23.0 Å². The van der Waals surface area contributed by atoms with Gasteiger partial charge in [0.1, 0.15) is 0 Å². The number of aromatic nitrogens is 1. The van der Waals surface area contributed by atoms with Crippen LogP contribution in [0.1, 0.15) is 53.8 Å². The van der Waals surface area contributed by atoms with E-state index in [0.717, 1.165) is 49.2 Å². The standard InChI is InChI=1S/C16H21NO2/c1-11-4-5-14(12(2)17-11)15(18)13-6-9-19-16(10-13)7-3-8-16/h4-5,13H,3,6-10H2,1-2H3. The van der Waals surface area contributed by atoms with Gasteiger partial charge < -0.3 is 4.74 Å². The summed E-state index contributed by atoms with van der Waals surface area (Å²) in [6, 6.07) is 3.86. The van der Waals surface area contributed by atoms with Gasteiger partial charge in [-0.2, -0.15) is 0 Å². The van der Waals surface area contributed by atoms with E-state index in [0.29, 0.717) is 0 Å². The van der Waals surface area contributed by atoms with Crippen LogP contribution in [-0.2, 0) is 4.74 Å². The van der Waals surface area contributed by atoms with Crippen molar-refractivity contribution in [3.8, 4) is 0 Å². The summed E-state index contributed by atoms with van der Waals surface area (Å²) in [6.45, 7) is 4.62. The molecule has 1 aromatic heterocycles. The van der Waals surface area contributed by atoms with Crippen molar-refractivity contribution < 1.29 is 9.53 Å². The first-order chi connectivity index (χ1) is 9.10. The molecule has 1 atom stereocenters. The molecule has 0 N–H and O–H groups in total. The van der Waals surface area contributed by atoms with Crippen LogP contribution in [0.2, 0.25) is 0 Å². The second kappa shape index (κ2) is 4.71. The van der Waals surface area contributed by atoms with Crippen molar-refractivity contribution in [1.29, 1.82) is 0 Å². The quantitative estimate of drug-likeness (QED) is 0.765. The number of nitrogens with zero attached hydrogens (tertiary/aromatic N) is 1. The van der Waals surface area contributed by atoms with Crippen molar-refractivity contribution in [3.63, 3.8) is 0 Å². The third-order valence-corrected chi connectivity index (χ3v) is 4.62. The maximum atomic E-state index is 12.7. The van der Waals surface area contributed by atoms with Gasteiger partial charge in [0.25, 0.3) is 0 Å². The molecule has 2 aliphatic rings. The van der Waals surface area contributed by atoms with E-state index in [4.69, 9.17) is 4.74 Å². The van der Waals surface area contributed by atoms with Crippen LogP contribution in [0.4, 0.5) is 0 Å². The molecular formula is C16H21NO2. The number of aryl methyl sites for hydroxylation is 2. The monoisotopic (exact) mass is 259 g/mol. The summed E-state index contributed by atoms with van der Waals surface area (Å²) in [5.74, 6) is 0.386. The zero-order chi connectivity index (χ0) is 13.5. The van der Waals surface area contributed by atoms with Crippen molar-refractivity contribution in [2.75, 3.05) is 6.61 Å². The molecule has 102 valence electrons. The Morgan fingerprint density at radius 1 is 1.37 bits per heavy atom. The number of rotatable bonds is 2. The second-order valence-corrected chi connectivity index (χ2v) is 6.02. The molecule has 3 rings (SSSR count). The van der Waals surface area contributed by atoms with E-state index in [9.17, 15) is 4.79 Å². The van der Waals surface area contributed by atoms with Crippen LogP contribution in [0.25, 0.3) is 0 Å². The van der Waals surface area contributed by atoms with Crippen LogP contribution in [0.15, 0.2) is 12.1 Å². The molecule has 1 aliphatic heterocycles. The number of hydrogen-bond acceptors (Lipinski definition) is 3. The Morgan fingerprint density at radius 3 is 2.79 bits per heavy atom. The molecule has 0 aromatic carbocycles. The van der Waals surface area contributed by atoms with Gasteiger partial charge in [0.05, 0.1) is 5.60 Å². The van der Waals surface area contributed by atoms with Gasteiger partial charge in [-0.25, -0.2) is 0 Å². The smallest absolute Gasteiger partial charge is 0.167 e. The molecule has 1 saturated heterocycles. The lowest BCUT2D eigenvalue weighted by Gasteiger charge is -2.46. The lowest BCUT2D eigenvalue weighted by atomic mass is 9.70. The molecular weight excluding hydrogens is 238 g/mol. The fourth-order valence-corrected chi connectivity index (χ4v) is 3.34. The van der Waals surface area contributed by atoms with E-state index in [1.807, 2.05) is 26.0 Å². The minimum atomic E-state index is 0.0323. The minimum Gasteiger partial charge on any atom is -0.375 e. The maximum absolute atomic E-state index is 12.7. The number of ether oxygens (including phenoxy) is 1. The Morgan fingerprint density at radius 2 is 2.16 bits per heavy atom. The predicted octanol–water partition coefficient (Wildman–Crippen LogP) is 3.23. The van der Waals surface area contributed by atoms with Crippen molar-refractivity contribution in [1.82, 2.24) is 4.98 Å². The third-order valence-electron chi connectivity index (χ3n) is 4.62. The first-order valence-electron chi connectivity index (χ1n) is 7.22. The lowest BCUT2D eigenvalue weighted by Crippen LogP contribution is -2.47. The largest absolute Gasteiger partial charge is 0.375 e. The highest BCUT2D eigenvalue weighted by Crippen LogP contribution is 2.44. The normalized spacial score (nSPS) is 25.1. The molecule has 3 nitrogen and oxygen atoms in total. The fraction of sp³-hybridized carbons (Fsp3) is 0.625.